The molecule has 0 amide bonds. The molecular formula is C45H32O. The van der Waals surface area contributed by atoms with Crippen molar-refractivity contribution >= 4 is 0 Å². The largest absolute Gasteiger partial charge is 0.456 e. The van der Waals surface area contributed by atoms with Crippen molar-refractivity contribution in [1.29, 1.82) is 0 Å². The normalized spacial score (nSPS) is 16.8. The van der Waals surface area contributed by atoms with Crippen LogP contribution in [0.15, 0.2) is 176 Å². The zero-order valence-corrected chi connectivity index (χ0v) is 25.7. The molecule has 1 heterocycles. The third-order valence-corrected chi connectivity index (χ3v) is 10.3. The van der Waals surface area contributed by atoms with Crippen molar-refractivity contribution < 1.29 is 4.74 Å². The molecule has 0 saturated heterocycles. The zero-order valence-electron chi connectivity index (χ0n) is 25.7. The van der Waals surface area contributed by atoms with E-state index in [1.165, 1.54) is 55.6 Å². The number of fused-ring (bicyclic) bond motifs is 5. The first-order valence-corrected chi connectivity index (χ1v) is 16.0. The molecule has 7 aromatic rings. The SMILES string of the molecule is CC1(c2ccccc2)c2ccccc2Oc2c(-c3cccc4c3-c3ccccc3C4(c3ccccc3)c3ccccc3)cccc21. The Kier molecular flexibility index (Phi) is 5.92. The first kappa shape index (κ1) is 26.7. The lowest BCUT2D eigenvalue weighted by atomic mass is 9.67. The summed E-state index contributed by atoms with van der Waals surface area (Å²) in [4.78, 5) is 0. The summed E-state index contributed by atoms with van der Waals surface area (Å²) in [6.45, 7) is 2.34. The van der Waals surface area contributed by atoms with E-state index in [2.05, 4.69) is 183 Å². The van der Waals surface area contributed by atoms with Crippen LogP contribution in [-0.4, -0.2) is 0 Å². The van der Waals surface area contributed by atoms with Crippen LogP contribution in [0.5, 0.6) is 11.5 Å². The number of para-hydroxylation sites is 2. The number of ether oxygens (including phenoxy) is 1. The molecule has 1 nitrogen and oxygen atoms in total. The van der Waals surface area contributed by atoms with Gasteiger partial charge in [-0.05, 0) is 57.5 Å². The van der Waals surface area contributed by atoms with Crippen LogP contribution < -0.4 is 4.74 Å². The highest BCUT2D eigenvalue weighted by Gasteiger charge is 2.47. The van der Waals surface area contributed by atoms with Crippen LogP contribution in [0.25, 0.3) is 22.3 Å². The standard InChI is InChI=1S/C45H32O/c1-44(31-17-5-2-6-18-31)38-27-13-14-30-41(38)46-43-35(25-16-29-40(43)44)34-24-15-28-39-42(34)36-23-11-12-26-37(36)45(39,32-19-7-3-8-20-32)33-21-9-4-10-22-33/h2-30H,1H3. The van der Waals surface area contributed by atoms with Gasteiger partial charge in [0, 0.05) is 22.1 Å². The van der Waals surface area contributed by atoms with E-state index >= 15 is 0 Å². The minimum absolute atomic E-state index is 0.380. The highest BCUT2D eigenvalue weighted by atomic mass is 16.5. The Morgan fingerprint density at radius 1 is 0.370 bits per heavy atom. The minimum Gasteiger partial charge on any atom is -0.456 e. The molecule has 0 aromatic heterocycles. The second kappa shape index (κ2) is 10.2. The smallest absolute Gasteiger partial charge is 0.139 e. The molecule has 2 aliphatic rings. The molecule has 46 heavy (non-hydrogen) atoms. The van der Waals surface area contributed by atoms with Crippen molar-refractivity contribution in [2.45, 2.75) is 17.8 Å². The van der Waals surface area contributed by atoms with E-state index in [1.807, 2.05) is 0 Å². The van der Waals surface area contributed by atoms with Crippen LogP contribution in [0.3, 0.4) is 0 Å². The monoisotopic (exact) mass is 588 g/mol. The summed E-state index contributed by atoms with van der Waals surface area (Å²) in [6, 6.07) is 63.8. The van der Waals surface area contributed by atoms with Crippen molar-refractivity contribution in [1.82, 2.24) is 0 Å². The second-order valence-corrected chi connectivity index (χ2v) is 12.5. The van der Waals surface area contributed by atoms with E-state index in [0.717, 1.165) is 17.1 Å². The predicted molar refractivity (Wildman–Crippen MR) is 188 cm³/mol. The maximum Gasteiger partial charge on any atom is 0.139 e. The first-order valence-electron chi connectivity index (χ1n) is 16.0. The molecule has 1 aliphatic heterocycles. The lowest BCUT2D eigenvalue weighted by Gasteiger charge is -2.39. The van der Waals surface area contributed by atoms with Gasteiger partial charge in [0.1, 0.15) is 11.5 Å². The number of benzene rings is 7. The molecule has 9 rings (SSSR count). The van der Waals surface area contributed by atoms with Gasteiger partial charge < -0.3 is 4.74 Å². The molecule has 0 saturated carbocycles. The summed E-state index contributed by atoms with van der Waals surface area (Å²) in [5, 5.41) is 0. The summed E-state index contributed by atoms with van der Waals surface area (Å²) in [5.41, 5.74) is 12.7. The molecule has 0 bridgehead atoms. The number of rotatable bonds is 4. The topological polar surface area (TPSA) is 9.23 Å². The maximum absolute atomic E-state index is 6.95. The molecule has 0 fully saturated rings. The number of hydrogen-bond acceptors (Lipinski definition) is 1. The average Bonchev–Trinajstić information content (AvgIpc) is 3.44. The Balaban J connectivity index is 1.36. The molecule has 1 atom stereocenters. The highest BCUT2D eigenvalue weighted by molar-refractivity contribution is 5.97. The van der Waals surface area contributed by atoms with E-state index in [0.29, 0.717) is 0 Å². The van der Waals surface area contributed by atoms with Gasteiger partial charge in [0.05, 0.1) is 5.41 Å². The van der Waals surface area contributed by atoms with Gasteiger partial charge in [-0.1, -0.05) is 170 Å². The predicted octanol–water partition coefficient (Wildman–Crippen LogP) is 11.2. The van der Waals surface area contributed by atoms with Crippen molar-refractivity contribution in [3.05, 3.63) is 215 Å². The molecule has 0 N–H and O–H groups in total. The summed E-state index contributed by atoms with van der Waals surface area (Å²) >= 11 is 0. The van der Waals surface area contributed by atoms with Crippen LogP contribution >= 0.6 is 0 Å². The van der Waals surface area contributed by atoms with Gasteiger partial charge in [-0.25, -0.2) is 0 Å². The fourth-order valence-electron chi connectivity index (χ4n) is 8.28. The maximum atomic E-state index is 6.95. The van der Waals surface area contributed by atoms with Crippen LogP contribution in [0.4, 0.5) is 0 Å². The van der Waals surface area contributed by atoms with Gasteiger partial charge in [0.25, 0.3) is 0 Å². The van der Waals surface area contributed by atoms with Gasteiger partial charge in [-0.2, -0.15) is 0 Å². The van der Waals surface area contributed by atoms with Gasteiger partial charge in [0.15, 0.2) is 0 Å². The van der Waals surface area contributed by atoms with E-state index in [1.54, 1.807) is 0 Å². The van der Waals surface area contributed by atoms with Crippen LogP contribution in [0.1, 0.15) is 45.9 Å². The van der Waals surface area contributed by atoms with Crippen molar-refractivity contribution in [3.8, 4) is 33.8 Å². The third-order valence-electron chi connectivity index (χ3n) is 10.3. The van der Waals surface area contributed by atoms with Gasteiger partial charge in [0.2, 0.25) is 0 Å². The fraction of sp³-hybridized carbons (Fsp3) is 0.0667. The molecule has 0 radical (unpaired) electrons. The Labute approximate surface area is 270 Å². The van der Waals surface area contributed by atoms with Crippen molar-refractivity contribution in [2.75, 3.05) is 0 Å². The van der Waals surface area contributed by atoms with Crippen molar-refractivity contribution in [3.63, 3.8) is 0 Å². The summed E-state index contributed by atoms with van der Waals surface area (Å²) in [6.07, 6.45) is 0. The highest BCUT2D eigenvalue weighted by Crippen LogP contribution is 2.60. The quantitative estimate of drug-likeness (QED) is 0.199. The lowest BCUT2D eigenvalue weighted by Crippen LogP contribution is -2.29. The minimum atomic E-state index is -0.453. The van der Waals surface area contributed by atoms with E-state index in [4.69, 9.17) is 4.74 Å². The van der Waals surface area contributed by atoms with Gasteiger partial charge >= 0.3 is 0 Å². The van der Waals surface area contributed by atoms with E-state index < -0.39 is 5.41 Å². The molecule has 1 aliphatic carbocycles. The second-order valence-electron chi connectivity index (χ2n) is 12.5. The molecule has 7 aromatic carbocycles. The summed E-state index contributed by atoms with van der Waals surface area (Å²) in [5.74, 6) is 1.83. The fourth-order valence-corrected chi connectivity index (χ4v) is 8.28. The van der Waals surface area contributed by atoms with Crippen LogP contribution in [0, 0.1) is 0 Å². The average molecular weight is 589 g/mol. The molecule has 1 unspecified atom stereocenters. The summed E-state index contributed by atoms with van der Waals surface area (Å²) in [7, 11) is 0. The zero-order chi connectivity index (χ0) is 30.7. The van der Waals surface area contributed by atoms with Crippen LogP contribution in [0.2, 0.25) is 0 Å². The molecule has 1 heteroatoms. The first-order chi connectivity index (χ1) is 22.7. The molecule has 0 spiro atoms. The number of hydrogen-bond donors (Lipinski definition) is 0. The van der Waals surface area contributed by atoms with Gasteiger partial charge in [-0.3, -0.25) is 0 Å². The Morgan fingerprint density at radius 3 is 1.52 bits per heavy atom. The van der Waals surface area contributed by atoms with E-state index in [-0.39, 0.29) is 5.41 Å². The van der Waals surface area contributed by atoms with Gasteiger partial charge in [-0.15, -0.1) is 0 Å². The Bertz CT molecular complexity index is 2190. The van der Waals surface area contributed by atoms with E-state index in [9.17, 15) is 0 Å². The lowest BCUT2D eigenvalue weighted by molar-refractivity contribution is 0.429. The molecular weight excluding hydrogens is 556 g/mol. The summed E-state index contributed by atoms with van der Waals surface area (Å²) < 4.78 is 6.95. The molecule has 218 valence electrons. The Hall–Kier alpha value is -5.66. The third kappa shape index (κ3) is 3.57. The Morgan fingerprint density at radius 2 is 0.848 bits per heavy atom. The van der Waals surface area contributed by atoms with Crippen LogP contribution in [-0.2, 0) is 10.8 Å². The van der Waals surface area contributed by atoms with Crippen molar-refractivity contribution in [2.24, 2.45) is 0 Å².